The molecule has 0 saturated carbocycles. The van der Waals surface area contributed by atoms with Crippen LogP contribution in [0.15, 0.2) is 11.6 Å². The van der Waals surface area contributed by atoms with Crippen LogP contribution in [0, 0.1) is 0 Å². The molecule has 0 radical (unpaired) electrons. The van der Waals surface area contributed by atoms with Crippen molar-refractivity contribution in [1.82, 2.24) is 0 Å². The molecular formula is C5H8CdO2. The van der Waals surface area contributed by atoms with Crippen LogP contribution in [0.2, 0.25) is 0 Å². The second-order valence-corrected chi connectivity index (χ2v) is 1.28. The average Bonchev–Trinajstić information content (AvgIpc) is 1.65. The number of carbonyl (C=O) groups is 1. The van der Waals surface area contributed by atoms with Gasteiger partial charge < -0.3 is 5.11 Å². The molecule has 0 aromatic rings. The van der Waals surface area contributed by atoms with Crippen molar-refractivity contribution in [2.75, 3.05) is 0 Å². The maximum absolute atomic E-state index is 9.86. The third-order valence-corrected chi connectivity index (χ3v) is 0.770. The Morgan fingerprint density at radius 2 is 2.00 bits per heavy atom. The van der Waals surface area contributed by atoms with Crippen molar-refractivity contribution in [3.05, 3.63) is 11.6 Å². The fourth-order valence-electron chi connectivity index (χ4n) is 0.123. The van der Waals surface area contributed by atoms with E-state index < -0.39 is 5.97 Å². The van der Waals surface area contributed by atoms with E-state index in [1.165, 1.54) is 0 Å². The topological polar surface area (TPSA) is 37.3 Å². The minimum absolute atomic E-state index is 0. The summed E-state index contributed by atoms with van der Waals surface area (Å²) in [6.45, 7) is 3.26. The summed E-state index contributed by atoms with van der Waals surface area (Å²) in [5.74, 6) is -0.845. The average molecular weight is 213 g/mol. The molecule has 0 fully saturated rings. The van der Waals surface area contributed by atoms with Gasteiger partial charge in [-0.2, -0.15) is 0 Å². The van der Waals surface area contributed by atoms with Crippen LogP contribution in [0.25, 0.3) is 0 Å². The van der Waals surface area contributed by atoms with E-state index in [1.54, 1.807) is 19.9 Å². The van der Waals surface area contributed by atoms with Crippen molar-refractivity contribution in [2.24, 2.45) is 0 Å². The number of hydrogen-bond donors (Lipinski definition) is 1. The second kappa shape index (κ2) is 5.27. The van der Waals surface area contributed by atoms with Crippen LogP contribution in [0.5, 0.6) is 0 Å². The number of carboxylic acid groups (broad SMARTS) is 1. The fourth-order valence-corrected chi connectivity index (χ4v) is 0.123. The third kappa shape index (κ3) is 4.30. The van der Waals surface area contributed by atoms with E-state index in [0.29, 0.717) is 5.57 Å². The minimum Gasteiger partial charge on any atom is -0.478 e. The van der Waals surface area contributed by atoms with Gasteiger partial charge in [0.2, 0.25) is 0 Å². The summed E-state index contributed by atoms with van der Waals surface area (Å²) in [6.07, 6.45) is 1.56. The summed E-state index contributed by atoms with van der Waals surface area (Å²) in [4.78, 5) is 9.86. The molecule has 0 bridgehead atoms. The minimum atomic E-state index is -0.845. The van der Waals surface area contributed by atoms with Gasteiger partial charge in [0.1, 0.15) is 0 Å². The quantitative estimate of drug-likeness (QED) is 0.521. The van der Waals surface area contributed by atoms with E-state index in [-0.39, 0.29) is 27.3 Å². The number of rotatable bonds is 1. The van der Waals surface area contributed by atoms with Crippen molar-refractivity contribution in [3.8, 4) is 0 Å². The Labute approximate surface area is 68.7 Å². The molecule has 0 aliphatic heterocycles. The maximum Gasteiger partial charge on any atom is 0.330 e. The summed E-state index contributed by atoms with van der Waals surface area (Å²) in [5, 5.41) is 8.11. The van der Waals surface area contributed by atoms with Crippen molar-refractivity contribution in [2.45, 2.75) is 13.8 Å². The zero-order chi connectivity index (χ0) is 5.86. The molecule has 1 N–H and O–H groups in total. The molecule has 0 saturated heterocycles. The van der Waals surface area contributed by atoms with Gasteiger partial charge in [0.15, 0.2) is 0 Å². The van der Waals surface area contributed by atoms with Crippen LogP contribution >= 0.6 is 0 Å². The summed E-state index contributed by atoms with van der Waals surface area (Å²) >= 11 is 0. The summed E-state index contributed by atoms with van der Waals surface area (Å²) in [5.41, 5.74) is 0.389. The normalized spacial score (nSPS) is 10.0. The van der Waals surface area contributed by atoms with Crippen LogP contribution in [-0.4, -0.2) is 11.1 Å². The van der Waals surface area contributed by atoms with Crippen molar-refractivity contribution in [1.29, 1.82) is 0 Å². The predicted octanol–water partition coefficient (Wildman–Crippen LogP) is 1.03. The van der Waals surface area contributed by atoms with Gasteiger partial charge >= 0.3 is 5.97 Å². The summed E-state index contributed by atoms with van der Waals surface area (Å²) < 4.78 is 0. The zero-order valence-electron chi connectivity index (χ0n) is 5.14. The Bertz CT molecular complexity index is 107. The monoisotopic (exact) mass is 214 g/mol. The Hall–Kier alpha value is 0.132. The van der Waals surface area contributed by atoms with E-state index in [4.69, 9.17) is 5.11 Å². The molecule has 42 valence electrons. The number of hydrogen-bond acceptors (Lipinski definition) is 1. The SMILES string of the molecule is CC=C(C)C(=O)O.[Cd]. The Balaban J connectivity index is 0. The molecule has 0 rings (SSSR count). The van der Waals surface area contributed by atoms with Gasteiger partial charge in [0, 0.05) is 32.9 Å². The number of aliphatic carboxylic acids is 1. The molecule has 0 unspecified atom stereocenters. The van der Waals surface area contributed by atoms with Gasteiger partial charge in [-0.1, -0.05) is 6.08 Å². The zero-order valence-corrected chi connectivity index (χ0v) is 9.18. The molecule has 0 atom stereocenters. The summed E-state index contributed by atoms with van der Waals surface area (Å²) in [6, 6.07) is 0. The van der Waals surface area contributed by atoms with Crippen LogP contribution in [0.3, 0.4) is 0 Å². The molecule has 0 amide bonds. The van der Waals surface area contributed by atoms with Gasteiger partial charge in [0.05, 0.1) is 0 Å². The van der Waals surface area contributed by atoms with Crippen molar-refractivity contribution >= 4 is 5.97 Å². The second-order valence-electron chi connectivity index (χ2n) is 1.28. The Kier molecular flexibility index (Phi) is 7.25. The Morgan fingerprint density at radius 1 is 1.62 bits per heavy atom. The molecule has 2 nitrogen and oxygen atoms in total. The number of allylic oxidation sites excluding steroid dienone is 1. The van der Waals surface area contributed by atoms with Crippen molar-refractivity contribution < 1.29 is 37.2 Å². The maximum atomic E-state index is 9.86. The van der Waals surface area contributed by atoms with E-state index in [9.17, 15) is 4.79 Å². The molecule has 0 aromatic carbocycles. The van der Waals surface area contributed by atoms with E-state index in [0.717, 1.165) is 0 Å². The molecule has 0 aliphatic rings. The Morgan fingerprint density at radius 3 is 2.00 bits per heavy atom. The molecule has 8 heavy (non-hydrogen) atoms. The molecule has 0 aromatic heterocycles. The van der Waals surface area contributed by atoms with Gasteiger partial charge in [-0.05, 0) is 13.8 Å². The first-order chi connectivity index (χ1) is 3.18. The first-order valence-electron chi connectivity index (χ1n) is 2.04. The standard InChI is InChI=1S/C5H8O2.Cd/c1-3-4(2)5(6)7;/h3H,1-2H3,(H,6,7);. The van der Waals surface area contributed by atoms with E-state index >= 15 is 0 Å². The van der Waals surface area contributed by atoms with E-state index in [2.05, 4.69) is 0 Å². The third-order valence-electron chi connectivity index (χ3n) is 0.770. The van der Waals surface area contributed by atoms with Gasteiger partial charge in [-0.25, -0.2) is 4.79 Å². The molecule has 3 heteroatoms. The smallest absolute Gasteiger partial charge is 0.330 e. The van der Waals surface area contributed by atoms with Gasteiger partial charge in [-0.3, -0.25) is 0 Å². The van der Waals surface area contributed by atoms with Crippen LogP contribution < -0.4 is 0 Å². The molecular weight excluding hydrogens is 204 g/mol. The molecule has 0 spiro atoms. The molecule has 0 heterocycles. The summed E-state index contributed by atoms with van der Waals surface area (Å²) in [7, 11) is 0. The largest absolute Gasteiger partial charge is 0.478 e. The molecule has 0 aliphatic carbocycles. The first kappa shape index (κ1) is 11.0. The van der Waals surface area contributed by atoms with Crippen LogP contribution in [0.1, 0.15) is 13.8 Å². The van der Waals surface area contributed by atoms with Gasteiger partial charge in [-0.15, -0.1) is 0 Å². The van der Waals surface area contributed by atoms with E-state index in [1.807, 2.05) is 0 Å². The fraction of sp³-hybridized carbons (Fsp3) is 0.400. The number of carboxylic acids is 1. The van der Waals surface area contributed by atoms with Crippen molar-refractivity contribution in [3.63, 3.8) is 0 Å². The van der Waals surface area contributed by atoms with Crippen LogP contribution in [0.4, 0.5) is 0 Å². The predicted molar refractivity (Wildman–Crippen MR) is 27.1 cm³/mol. The van der Waals surface area contributed by atoms with Gasteiger partial charge in [0.25, 0.3) is 0 Å². The first-order valence-corrected chi connectivity index (χ1v) is 2.04. The van der Waals surface area contributed by atoms with Crippen LogP contribution in [-0.2, 0) is 32.1 Å².